The lowest BCUT2D eigenvalue weighted by molar-refractivity contribution is 0.121. The third-order valence-electron chi connectivity index (χ3n) is 4.54. The molecule has 2 aliphatic carbocycles. The highest BCUT2D eigenvalue weighted by atomic mass is 31.2. The molecule has 2 saturated carbocycles. The Bertz CT molecular complexity index is 437. The van der Waals surface area contributed by atoms with E-state index in [2.05, 4.69) is 5.32 Å². The van der Waals surface area contributed by atoms with E-state index in [0.717, 1.165) is 19.3 Å². The van der Waals surface area contributed by atoms with Crippen LogP contribution in [0.4, 0.5) is 0 Å². The summed E-state index contributed by atoms with van der Waals surface area (Å²) in [6, 6.07) is 0.214. The zero-order chi connectivity index (χ0) is 15.2. The minimum Gasteiger partial charge on any atom is -0.367 e. The van der Waals surface area contributed by atoms with Gasteiger partial charge in [-0.2, -0.15) is 0 Å². The number of aliphatic hydroxyl groups is 1. The lowest BCUT2D eigenvalue weighted by Crippen LogP contribution is -2.39. The summed E-state index contributed by atoms with van der Waals surface area (Å²) in [6.45, 7) is -0.0411. The van der Waals surface area contributed by atoms with Gasteiger partial charge in [0.2, 0.25) is 0 Å². The van der Waals surface area contributed by atoms with Gasteiger partial charge in [-0.25, -0.2) is 0 Å². The van der Waals surface area contributed by atoms with Crippen LogP contribution in [-0.4, -0.2) is 42.3 Å². The van der Waals surface area contributed by atoms with Gasteiger partial charge in [-0.15, -0.1) is 0 Å². The van der Waals surface area contributed by atoms with E-state index >= 15 is 0 Å². The first-order chi connectivity index (χ1) is 9.04. The van der Waals surface area contributed by atoms with Crippen molar-refractivity contribution in [3.8, 4) is 0 Å². The van der Waals surface area contributed by atoms with Gasteiger partial charge >= 0.3 is 15.2 Å². The molecule has 0 amide bonds. The van der Waals surface area contributed by atoms with Crippen molar-refractivity contribution < 1.29 is 33.8 Å². The van der Waals surface area contributed by atoms with Crippen molar-refractivity contribution >= 4 is 15.2 Å². The molecule has 0 saturated heterocycles. The summed E-state index contributed by atoms with van der Waals surface area (Å²) in [5.74, 6) is 1.21. The molecule has 0 aliphatic heterocycles. The summed E-state index contributed by atoms with van der Waals surface area (Å²) in [7, 11) is -10.7. The number of hydrogen-bond donors (Lipinski definition) is 6. The highest BCUT2D eigenvalue weighted by molar-refractivity contribution is 7.72. The first-order valence-corrected chi connectivity index (χ1v) is 9.84. The maximum atomic E-state index is 11.2. The Morgan fingerprint density at radius 3 is 2.05 bits per heavy atom. The monoisotopic (exact) mass is 329 g/mol. The van der Waals surface area contributed by atoms with Crippen LogP contribution in [0, 0.1) is 11.8 Å². The van der Waals surface area contributed by atoms with Crippen LogP contribution in [0.1, 0.15) is 32.1 Å². The summed E-state index contributed by atoms with van der Waals surface area (Å²) < 4.78 is 22.4. The fraction of sp³-hybridized carbons (Fsp3) is 1.00. The fourth-order valence-electron chi connectivity index (χ4n) is 3.38. The van der Waals surface area contributed by atoms with Crippen molar-refractivity contribution in [1.82, 2.24) is 5.32 Å². The molecule has 0 aromatic rings. The molecule has 0 radical (unpaired) electrons. The van der Waals surface area contributed by atoms with Crippen LogP contribution in [0.3, 0.4) is 0 Å². The second-order valence-corrected chi connectivity index (χ2v) is 9.86. The maximum Gasteiger partial charge on any atom is 0.369 e. The van der Waals surface area contributed by atoms with Gasteiger partial charge in [0.15, 0.2) is 0 Å². The van der Waals surface area contributed by atoms with E-state index in [9.17, 15) is 14.2 Å². The van der Waals surface area contributed by atoms with Crippen LogP contribution in [0.2, 0.25) is 0 Å². The van der Waals surface area contributed by atoms with Gasteiger partial charge in [0.25, 0.3) is 5.08 Å². The average molecular weight is 329 g/mol. The minimum absolute atomic E-state index is 0.0411. The van der Waals surface area contributed by atoms with E-state index in [0.29, 0.717) is 11.8 Å². The molecule has 0 aromatic carbocycles. The van der Waals surface area contributed by atoms with Crippen molar-refractivity contribution in [3.63, 3.8) is 0 Å². The van der Waals surface area contributed by atoms with Gasteiger partial charge in [0.1, 0.15) is 0 Å². The fourth-order valence-corrected chi connectivity index (χ4v) is 5.54. The average Bonchev–Trinajstić information content (AvgIpc) is 2.87. The van der Waals surface area contributed by atoms with Crippen molar-refractivity contribution in [2.24, 2.45) is 11.8 Å². The van der Waals surface area contributed by atoms with E-state index in [1.165, 1.54) is 6.42 Å². The van der Waals surface area contributed by atoms with Gasteiger partial charge < -0.3 is 30.0 Å². The predicted octanol–water partition coefficient (Wildman–Crippen LogP) is 0.156. The van der Waals surface area contributed by atoms with Crippen molar-refractivity contribution in [2.75, 3.05) is 6.54 Å². The molecular formula is C10H21NO7P2. The van der Waals surface area contributed by atoms with Crippen LogP contribution in [0.5, 0.6) is 0 Å². The molecule has 2 rings (SSSR count). The molecule has 0 heterocycles. The summed E-state index contributed by atoms with van der Waals surface area (Å²) in [4.78, 5) is 36.0. The first kappa shape index (κ1) is 16.6. The molecule has 0 aromatic heterocycles. The van der Waals surface area contributed by atoms with E-state index < -0.39 is 26.7 Å². The second kappa shape index (κ2) is 5.45. The standard InChI is InChI=1S/C10H21NO7P2/c12-10(19(13,14)15,20(16,17)18)3-4-11-9-6-7-1-2-8(9)5-7/h7-9,11-12H,1-6H2,(H2,13,14,15)(H2,16,17,18). The third-order valence-corrected chi connectivity index (χ3v) is 8.41. The molecule has 3 atom stereocenters. The summed E-state index contributed by atoms with van der Waals surface area (Å²) >= 11 is 0. The van der Waals surface area contributed by atoms with E-state index in [1.54, 1.807) is 0 Å². The summed E-state index contributed by atoms with van der Waals surface area (Å²) in [5.41, 5.74) is 0. The number of fused-ring (bicyclic) bond motifs is 2. The first-order valence-electron chi connectivity index (χ1n) is 6.61. The molecule has 118 valence electrons. The molecule has 2 bridgehead atoms. The summed E-state index contributed by atoms with van der Waals surface area (Å²) in [6.07, 6.45) is 3.75. The van der Waals surface area contributed by atoms with Gasteiger partial charge in [0.05, 0.1) is 0 Å². The maximum absolute atomic E-state index is 11.2. The Balaban J connectivity index is 1.94. The lowest BCUT2D eigenvalue weighted by Gasteiger charge is -2.30. The van der Waals surface area contributed by atoms with Crippen LogP contribution in [0.15, 0.2) is 0 Å². The highest BCUT2D eigenvalue weighted by Crippen LogP contribution is 2.68. The lowest BCUT2D eigenvalue weighted by atomic mass is 9.95. The van der Waals surface area contributed by atoms with E-state index in [-0.39, 0.29) is 12.6 Å². The topological polar surface area (TPSA) is 147 Å². The Kier molecular flexibility index (Phi) is 4.52. The molecule has 10 heteroatoms. The van der Waals surface area contributed by atoms with Crippen LogP contribution in [-0.2, 0) is 9.13 Å². The Hall–Kier alpha value is 0.220. The minimum atomic E-state index is -5.33. The Morgan fingerprint density at radius 1 is 1.05 bits per heavy atom. The molecule has 20 heavy (non-hydrogen) atoms. The highest BCUT2D eigenvalue weighted by Gasteiger charge is 2.58. The van der Waals surface area contributed by atoms with Gasteiger partial charge in [-0.1, -0.05) is 6.42 Å². The smallest absolute Gasteiger partial charge is 0.367 e. The van der Waals surface area contributed by atoms with Crippen molar-refractivity contribution in [2.45, 2.75) is 43.2 Å². The SMILES string of the molecule is O=P(O)(O)C(O)(CCNC1CC2CCC1C2)P(=O)(O)O. The largest absolute Gasteiger partial charge is 0.369 e. The number of rotatable bonds is 6. The normalized spacial score (nSPS) is 30.9. The third kappa shape index (κ3) is 3.03. The Morgan fingerprint density at radius 2 is 1.65 bits per heavy atom. The van der Waals surface area contributed by atoms with Crippen molar-refractivity contribution in [3.05, 3.63) is 0 Å². The molecular weight excluding hydrogens is 308 g/mol. The van der Waals surface area contributed by atoms with Gasteiger partial charge in [-0.3, -0.25) is 9.13 Å². The van der Waals surface area contributed by atoms with Gasteiger partial charge in [0, 0.05) is 12.5 Å². The molecule has 2 fully saturated rings. The van der Waals surface area contributed by atoms with Crippen LogP contribution < -0.4 is 5.32 Å². The quantitative estimate of drug-likeness (QED) is 0.378. The summed E-state index contributed by atoms with van der Waals surface area (Å²) in [5, 5.41) is 9.49. The zero-order valence-electron chi connectivity index (χ0n) is 10.9. The van der Waals surface area contributed by atoms with Crippen LogP contribution >= 0.6 is 15.2 Å². The molecule has 8 nitrogen and oxygen atoms in total. The van der Waals surface area contributed by atoms with Gasteiger partial charge in [-0.05, 0) is 37.6 Å². The second-order valence-electron chi connectivity index (χ2n) is 5.85. The predicted molar refractivity (Wildman–Crippen MR) is 70.9 cm³/mol. The molecule has 3 unspecified atom stereocenters. The number of hydrogen-bond acceptors (Lipinski definition) is 4. The molecule has 2 aliphatic rings. The van der Waals surface area contributed by atoms with Crippen molar-refractivity contribution in [1.29, 1.82) is 0 Å². The Labute approximate surface area is 116 Å². The molecule has 6 N–H and O–H groups in total. The zero-order valence-corrected chi connectivity index (χ0v) is 12.7. The van der Waals surface area contributed by atoms with E-state index in [1.807, 2.05) is 0 Å². The van der Waals surface area contributed by atoms with E-state index in [4.69, 9.17) is 19.6 Å². The molecule has 0 spiro atoms. The number of nitrogens with one attached hydrogen (secondary N) is 1. The van der Waals surface area contributed by atoms with Crippen LogP contribution in [0.25, 0.3) is 0 Å².